The Morgan fingerprint density at radius 1 is 1.35 bits per heavy atom. The van der Waals surface area contributed by atoms with E-state index in [1.807, 2.05) is 0 Å². The van der Waals surface area contributed by atoms with Crippen molar-refractivity contribution >= 4 is 58.6 Å². The van der Waals surface area contributed by atoms with E-state index in [1.54, 1.807) is 36.9 Å². The molecule has 0 radical (unpaired) electrons. The van der Waals surface area contributed by atoms with Gasteiger partial charge < -0.3 is 10.4 Å². The van der Waals surface area contributed by atoms with E-state index in [0.29, 0.717) is 27.8 Å². The van der Waals surface area contributed by atoms with E-state index in [4.69, 9.17) is 23.2 Å². The first-order valence-electron chi connectivity index (χ1n) is 7.09. The SMILES string of the molecule is CC(Sc1cc(Cl)ccc1Cl)C(=O)NC1(C(=O)O)CCSCC1. The van der Waals surface area contributed by atoms with Crippen molar-refractivity contribution in [3.05, 3.63) is 28.2 Å². The van der Waals surface area contributed by atoms with Gasteiger partial charge in [-0.25, -0.2) is 4.79 Å². The van der Waals surface area contributed by atoms with Gasteiger partial charge in [-0.15, -0.1) is 11.8 Å². The van der Waals surface area contributed by atoms with Crippen molar-refractivity contribution in [2.45, 2.75) is 35.4 Å². The van der Waals surface area contributed by atoms with E-state index in [1.165, 1.54) is 11.8 Å². The molecule has 0 saturated carbocycles. The van der Waals surface area contributed by atoms with Crippen LogP contribution in [0.1, 0.15) is 19.8 Å². The van der Waals surface area contributed by atoms with Crippen molar-refractivity contribution in [2.75, 3.05) is 11.5 Å². The highest BCUT2D eigenvalue weighted by molar-refractivity contribution is 8.00. The number of nitrogens with one attached hydrogen (secondary N) is 1. The van der Waals surface area contributed by atoms with Crippen LogP contribution in [0.15, 0.2) is 23.1 Å². The molecule has 2 rings (SSSR count). The summed E-state index contributed by atoms with van der Waals surface area (Å²) in [5.41, 5.74) is -1.16. The van der Waals surface area contributed by atoms with Gasteiger partial charge in [-0.1, -0.05) is 23.2 Å². The molecule has 4 nitrogen and oxygen atoms in total. The zero-order valence-electron chi connectivity index (χ0n) is 12.5. The van der Waals surface area contributed by atoms with E-state index in [-0.39, 0.29) is 5.91 Å². The highest BCUT2D eigenvalue weighted by Gasteiger charge is 2.42. The zero-order valence-corrected chi connectivity index (χ0v) is 15.6. The summed E-state index contributed by atoms with van der Waals surface area (Å²) in [7, 11) is 0. The number of benzene rings is 1. The predicted molar refractivity (Wildman–Crippen MR) is 96.8 cm³/mol. The molecule has 1 amide bonds. The van der Waals surface area contributed by atoms with Gasteiger partial charge in [-0.05, 0) is 49.5 Å². The highest BCUT2D eigenvalue weighted by atomic mass is 35.5. The number of rotatable bonds is 5. The first-order valence-corrected chi connectivity index (χ1v) is 9.88. The first kappa shape index (κ1) is 18.8. The van der Waals surface area contributed by atoms with Crippen LogP contribution in [0.4, 0.5) is 0 Å². The molecule has 1 aromatic carbocycles. The lowest BCUT2D eigenvalue weighted by Crippen LogP contribution is -2.58. The molecule has 23 heavy (non-hydrogen) atoms. The Labute approximate surface area is 153 Å². The minimum atomic E-state index is -1.16. The van der Waals surface area contributed by atoms with Gasteiger partial charge in [0.2, 0.25) is 5.91 Å². The zero-order chi connectivity index (χ0) is 17.0. The molecule has 8 heteroatoms. The quantitative estimate of drug-likeness (QED) is 0.741. The second-order valence-electron chi connectivity index (χ2n) is 5.32. The third-order valence-corrected chi connectivity index (χ3v) is 6.51. The summed E-state index contributed by atoms with van der Waals surface area (Å²) in [5, 5.41) is 12.8. The van der Waals surface area contributed by atoms with Gasteiger partial charge in [-0.3, -0.25) is 4.79 Å². The fourth-order valence-electron chi connectivity index (χ4n) is 2.26. The third kappa shape index (κ3) is 4.72. The molecule has 126 valence electrons. The van der Waals surface area contributed by atoms with Crippen LogP contribution in [0.5, 0.6) is 0 Å². The van der Waals surface area contributed by atoms with Gasteiger partial charge in [0, 0.05) is 9.92 Å². The summed E-state index contributed by atoms with van der Waals surface area (Å²) in [4.78, 5) is 24.8. The second-order valence-corrected chi connectivity index (χ2v) is 8.77. The van der Waals surface area contributed by atoms with Crippen molar-refractivity contribution in [1.82, 2.24) is 5.32 Å². The van der Waals surface area contributed by atoms with E-state index < -0.39 is 16.8 Å². The predicted octanol–water partition coefficient (Wildman–Crippen LogP) is 3.94. The molecule has 1 heterocycles. The largest absolute Gasteiger partial charge is 0.480 e. The van der Waals surface area contributed by atoms with Gasteiger partial charge in [-0.2, -0.15) is 11.8 Å². The summed E-state index contributed by atoms with van der Waals surface area (Å²) in [5.74, 6) is 0.187. The van der Waals surface area contributed by atoms with Gasteiger partial charge >= 0.3 is 5.97 Å². The molecular weight excluding hydrogens is 377 g/mol. The molecule has 0 spiro atoms. The minimum absolute atomic E-state index is 0.305. The van der Waals surface area contributed by atoms with Crippen LogP contribution in [-0.2, 0) is 9.59 Å². The number of carbonyl (C=O) groups excluding carboxylic acids is 1. The van der Waals surface area contributed by atoms with Gasteiger partial charge in [0.15, 0.2) is 0 Å². The highest BCUT2D eigenvalue weighted by Crippen LogP contribution is 2.33. The number of thioether (sulfide) groups is 2. The molecule has 1 fully saturated rings. The van der Waals surface area contributed by atoms with E-state index in [2.05, 4.69) is 5.32 Å². The van der Waals surface area contributed by atoms with Crippen LogP contribution < -0.4 is 5.32 Å². The van der Waals surface area contributed by atoms with E-state index >= 15 is 0 Å². The molecular formula is C15H17Cl2NO3S2. The van der Waals surface area contributed by atoms with Crippen molar-refractivity contribution in [3.63, 3.8) is 0 Å². The van der Waals surface area contributed by atoms with Gasteiger partial charge in [0.1, 0.15) is 5.54 Å². The molecule has 0 bridgehead atoms. The molecule has 2 N–H and O–H groups in total. The molecule has 1 saturated heterocycles. The Morgan fingerprint density at radius 3 is 2.61 bits per heavy atom. The van der Waals surface area contributed by atoms with Crippen molar-refractivity contribution in [2.24, 2.45) is 0 Å². The lowest BCUT2D eigenvalue weighted by molar-refractivity contribution is -0.148. The number of aliphatic carboxylic acids is 1. The fraction of sp³-hybridized carbons (Fsp3) is 0.467. The van der Waals surface area contributed by atoms with Crippen LogP contribution in [0.25, 0.3) is 0 Å². The number of carbonyl (C=O) groups is 2. The lowest BCUT2D eigenvalue weighted by Gasteiger charge is -2.34. The number of carboxylic acid groups (broad SMARTS) is 1. The Morgan fingerprint density at radius 2 is 2.00 bits per heavy atom. The normalized spacial score (nSPS) is 18.2. The van der Waals surface area contributed by atoms with Crippen LogP contribution in [-0.4, -0.2) is 39.3 Å². The number of hydrogen-bond acceptors (Lipinski definition) is 4. The van der Waals surface area contributed by atoms with Gasteiger partial charge in [0.25, 0.3) is 0 Å². The smallest absolute Gasteiger partial charge is 0.329 e. The van der Waals surface area contributed by atoms with E-state index in [9.17, 15) is 14.7 Å². The lowest BCUT2D eigenvalue weighted by atomic mass is 9.92. The maximum absolute atomic E-state index is 12.4. The maximum atomic E-state index is 12.4. The number of amides is 1. The first-order chi connectivity index (χ1) is 10.8. The topological polar surface area (TPSA) is 66.4 Å². The summed E-state index contributed by atoms with van der Waals surface area (Å²) in [6.45, 7) is 1.73. The van der Waals surface area contributed by atoms with Crippen molar-refractivity contribution in [1.29, 1.82) is 0 Å². The summed E-state index contributed by atoms with van der Waals surface area (Å²) < 4.78 is 0. The van der Waals surface area contributed by atoms with Gasteiger partial charge in [0.05, 0.1) is 10.3 Å². The van der Waals surface area contributed by atoms with Crippen LogP contribution in [0.2, 0.25) is 10.0 Å². The van der Waals surface area contributed by atoms with E-state index in [0.717, 1.165) is 11.5 Å². The number of hydrogen-bond donors (Lipinski definition) is 2. The molecule has 0 aliphatic carbocycles. The standard InChI is InChI=1S/C15H17Cl2NO3S2/c1-9(23-12-8-10(16)2-3-11(12)17)13(19)18-15(14(20)21)4-6-22-7-5-15/h2-3,8-9H,4-7H2,1H3,(H,18,19)(H,20,21). The maximum Gasteiger partial charge on any atom is 0.329 e. The summed E-state index contributed by atoms with van der Waals surface area (Å²) >= 11 is 15.0. The number of carboxylic acids is 1. The van der Waals surface area contributed by atoms with Crippen LogP contribution >= 0.6 is 46.7 Å². The second kappa shape index (κ2) is 8.01. The minimum Gasteiger partial charge on any atom is -0.480 e. The summed E-state index contributed by atoms with van der Waals surface area (Å²) in [6, 6.07) is 5.05. The van der Waals surface area contributed by atoms with Crippen molar-refractivity contribution < 1.29 is 14.7 Å². The molecule has 1 unspecified atom stereocenters. The molecule has 0 aromatic heterocycles. The molecule has 1 atom stereocenters. The fourth-order valence-corrected chi connectivity index (χ4v) is 4.86. The molecule has 1 aliphatic heterocycles. The number of halogens is 2. The van der Waals surface area contributed by atoms with Crippen molar-refractivity contribution in [3.8, 4) is 0 Å². The molecule has 1 aliphatic rings. The Bertz CT molecular complexity index is 606. The van der Waals surface area contributed by atoms with Crippen LogP contribution in [0.3, 0.4) is 0 Å². The average molecular weight is 394 g/mol. The molecule has 1 aromatic rings. The monoisotopic (exact) mass is 393 g/mol. The third-order valence-electron chi connectivity index (χ3n) is 3.68. The Kier molecular flexibility index (Phi) is 6.54. The Hall–Kier alpha value is -0.560. The summed E-state index contributed by atoms with van der Waals surface area (Å²) in [6.07, 6.45) is 0.877. The Balaban J connectivity index is 2.07. The average Bonchev–Trinajstić information content (AvgIpc) is 2.51. The van der Waals surface area contributed by atoms with Crippen LogP contribution in [0, 0.1) is 0 Å².